The van der Waals surface area contributed by atoms with Crippen LogP contribution >= 0.6 is 0 Å². The average molecular weight is 583 g/mol. The Morgan fingerprint density at radius 2 is 1.51 bits per heavy atom. The molecule has 13 atom stereocenters. The lowest BCUT2D eigenvalue weighted by Gasteiger charge is -2.48. The second-order valence-corrected chi connectivity index (χ2v) is 13.3. The molecule has 3 rings (SSSR count). The van der Waals surface area contributed by atoms with E-state index in [9.17, 15) is 14.4 Å². The van der Waals surface area contributed by atoms with Crippen LogP contribution in [-0.2, 0) is 33.3 Å². The number of alkyl carbamates (subject to hydrolysis) is 1. The van der Waals surface area contributed by atoms with E-state index in [1.54, 1.807) is 14.0 Å². The zero-order valence-electron chi connectivity index (χ0n) is 26.8. The first-order valence-electron chi connectivity index (χ1n) is 15.4. The van der Waals surface area contributed by atoms with Crippen molar-refractivity contribution in [1.82, 2.24) is 10.2 Å². The molecule has 0 aromatic heterocycles. The summed E-state index contributed by atoms with van der Waals surface area (Å²) in [4.78, 5) is 40.8. The first kappa shape index (κ1) is 33.7. The van der Waals surface area contributed by atoms with E-state index >= 15 is 0 Å². The fourth-order valence-electron chi connectivity index (χ4n) is 7.25. The zero-order chi connectivity index (χ0) is 30.6. The van der Waals surface area contributed by atoms with Crippen molar-refractivity contribution in [2.24, 2.45) is 29.6 Å². The number of methoxy groups -OCH3 is 1. The van der Waals surface area contributed by atoms with Crippen LogP contribution in [0, 0.1) is 29.6 Å². The van der Waals surface area contributed by atoms with Crippen LogP contribution < -0.4 is 5.32 Å². The molecule has 0 aromatic rings. The Balaban J connectivity index is 1.89. The number of ketones is 1. The SMILES string of the molecule is CO[C@@H]1[C@@H](OC2OC(C)C(C)C(N(C)C)C2C)[C@@H](C)C[C@@H](C)C(=O)C[C@@H]2C[C@H](C[C@@H](C)OC(=O)C[C@H]1C)OC(=O)N2. The minimum absolute atomic E-state index is 0.000932. The summed E-state index contributed by atoms with van der Waals surface area (Å²) in [5.41, 5.74) is 0. The second kappa shape index (κ2) is 14.6. The third-order valence-corrected chi connectivity index (χ3v) is 9.48. The fraction of sp³-hybridized carbons (Fsp3) is 0.903. The van der Waals surface area contributed by atoms with Gasteiger partial charge in [-0.1, -0.05) is 34.6 Å². The largest absolute Gasteiger partial charge is 0.462 e. The monoisotopic (exact) mass is 582 g/mol. The van der Waals surface area contributed by atoms with E-state index in [-0.39, 0.29) is 66.5 Å². The number of ether oxygens (including phenoxy) is 5. The Hall–Kier alpha value is -1.75. The minimum atomic E-state index is -0.536. The number of amides is 1. The summed E-state index contributed by atoms with van der Waals surface area (Å²) in [6.07, 6.45) is -0.887. The van der Waals surface area contributed by atoms with Crippen LogP contribution in [-0.4, -0.2) is 92.8 Å². The molecule has 10 heteroatoms. The number of hydrogen-bond acceptors (Lipinski definition) is 9. The first-order chi connectivity index (χ1) is 19.2. The molecule has 5 unspecified atom stereocenters. The predicted molar refractivity (Wildman–Crippen MR) is 154 cm³/mol. The Kier molecular flexibility index (Phi) is 12.0. The maximum absolute atomic E-state index is 13.4. The molecular weight excluding hydrogens is 528 g/mol. The molecule has 0 aromatic carbocycles. The van der Waals surface area contributed by atoms with Crippen molar-refractivity contribution in [3.8, 4) is 0 Å². The highest BCUT2D eigenvalue weighted by Crippen LogP contribution is 2.37. The molecule has 1 N–H and O–H groups in total. The first-order valence-corrected chi connectivity index (χ1v) is 15.4. The van der Waals surface area contributed by atoms with Crippen LogP contribution in [0.25, 0.3) is 0 Å². The molecule has 3 heterocycles. The van der Waals surface area contributed by atoms with Gasteiger partial charge in [0.05, 0.1) is 24.7 Å². The molecular formula is C31H54N2O8. The summed E-state index contributed by atoms with van der Waals surface area (Å²) in [6.45, 7) is 14.2. The van der Waals surface area contributed by atoms with Crippen LogP contribution in [0.3, 0.4) is 0 Å². The van der Waals surface area contributed by atoms with Crippen LogP contribution in [0.1, 0.15) is 80.6 Å². The Morgan fingerprint density at radius 3 is 2.15 bits per heavy atom. The third kappa shape index (κ3) is 8.65. The number of carbonyl (C=O) groups excluding carboxylic acids is 3. The van der Waals surface area contributed by atoms with Gasteiger partial charge in [0.1, 0.15) is 18.0 Å². The minimum Gasteiger partial charge on any atom is -0.462 e. The molecule has 2 bridgehead atoms. The van der Waals surface area contributed by atoms with Crippen LogP contribution in [0.2, 0.25) is 0 Å². The number of nitrogens with one attached hydrogen (secondary N) is 1. The lowest BCUT2D eigenvalue weighted by molar-refractivity contribution is -0.282. The summed E-state index contributed by atoms with van der Waals surface area (Å²) < 4.78 is 30.5. The molecule has 1 amide bonds. The lowest BCUT2D eigenvalue weighted by Crippen LogP contribution is -2.56. The van der Waals surface area contributed by atoms with E-state index in [2.05, 4.69) is 52.0 Å². The third-order valence-electron chi connectivity index (χ3n) is 9.48. The number of carbonyl (C=O) groups is 3. The lowest BCUT2D eigenvalue weighted by atomic mass is 9.81. The summed E-state index contributed by atoms with van der Waals surface area (Å²) in [6, 6.07) is -0.0526. The highest BCUT2D eigenvalue weighted by Gasteiger charge is 2.45. The molecule has 41 heavy (non-hydrogen) atoms. The number of esters is 1. The van der Waals surface area contributed by atoms with Gasteiger partial charge in [-0.25, -0.2) is 4.79 Å². The molecule has 0 saturated carbocycles. The highest BCUT2D eigenvalue weighted by atomic mass is 16.7. The van der Waals surface area contributed by atoms with Gasteiger partial charge in [-0.2, -0.15) is 0 Å². The van der Waals surface area contributed by atoms with Gasteiger partial charge >= 0.3 is 12.1 Å². The van der Waals surface area contributed by atoms with Crippen molar-refractivity contribution < 1.29 is 38.1 Å². The topological polar surface area (TPSA) is 113 Å². The number of fused-ring (bicyclic) bond motifs is 2. The van der Waals surface area contributed by atoms with Gasteiger partial charge in [-0.05, 0) is 52.1 Å². The van der Waals surface area contributed by atoms with Crippen LogP contribution in [0.5, 0.6) is 0 Å². The number of cyclic esters (lactones) is 1. The number of hydrogen-bond donors (Lipinski definition) is 1. The Bertz CT molecular complexity index is 899. The van der Waals surface area contributed by atoms with Gasteiger partial charge in [0.25, 0.3) is 0 Å². The smallest absolute Gasteiger partial charge is 0.407 e. The van der Waals surface area contributed by atoms with E-state index in [1.165, 1.54) is 0 Å². The number of Topliss-reactive ketones (excluding diaryl/α,β-unsaturated/α-hetero) is 1. The van der Waals surface area contributed by atoms with E-state index in [4.69, 9.17) is 23.7 Å². The van der Waals surface area contributed by atoms with Gasteiger partial charge in [-0.3, -0.25) is 9.59 Å². The molecule has 3 fully saturated rings. The summed E-state index contributed by atoms with van der Waals surface area (Å²) in [5.74, 6) is -0.373. The quantitative estimate of drug-likeness (QED) is 0.488. The number of nitrogens with zero attached hydrogens (tertiary/aromatic N) is 1. The molecule has 3 aliphatic heterocycles. The molecule has 10 nitrogen and oxygen atoms in total. The molecule has 0 radical (unpaired) electrons. The van der Waals surface area contributed by atoms with Crippen LogP contribution in [0.4, 0.5) is 4.79 Å². The van der Waals surface area contributed by atoms with Gasteiger partial charge in [-0.15, -0.1) is 0 Å². The molecule has 0 aliphatic carbocycles. The summed E-state index contributed by atoms with van der Waals surface area (Å²) in [5, 5.41) is 2.79. The van der Waals surface area contributed by atoms with Crippen LogP contribution in [0.15, 0.2) is 0 Å². The van der Waals surface area contributed by atoms with Crippen molar-refractivity contribution in [3.63, 3.8) is 0 Å². The summed E-state index contributed by atoms with van der Waals surface area (Å²) >= 11 is 0. The van der Waals surface area contributed by atoms with Gasteiger partial charge < -0.3 is 33.9 Å². The van der Waals surface area contributed by atoms with E-state index < -0.39 is 36.8 Å². The van der Waals surface area contributed by atoms with Crippen molar-refractivity contribution in [2.75, 3.05) is 21.2 Å². The van der Waals surface area contributed by atoms with Gasteiger partial charge in [0.15, 0.2) is 6.29 Å². The molecule has 3 saturated heterocycles. The predicted octanol–water partition coefficient (Wildman–Crippen LogP) is 4.18. The van der Waals surface area contributed by atoms with E-state index in [0.29, 0.717) is 25.2 Å². The Labute approximate surface area is 246 Å². The van der Waals surface area contributed by atoms with E-state index in [0.717, 1.165) is 0 Å². The van der Waals surface area contributed by atoms with Crippen molar-refractivity contribution >= 4 is 17.8 Å². The standard InChI is InChI=1S/C31H54N2O8/c1-16-11-17(2)29(41-30-21(6)27(33(8)9)20(5)22(7)39-30)28(37-10)18(3)12-26(35)38-19(4)13-24-14-23(15-25(16)34)32-31(36)40-24/h16-24,27-30H,11-15H2,1-10H3,(H,32,36)/t16-,17+,18-,19-,20?,21?,22?,23+,24+,27?,28+,29+,30?/m1/s1. The Morgan fingerprint density at radius 1 is 0.829 bits per heavy atom. The van der Waals surface area contributed by atoms with E-state index in [1.807, 2.05) is 13.8 Å². The zero-order valence-corrected chi connectivity index (χ0v) is 26.8. The molecule has 0 spiro atoms. The maximum atomic E-state index is 13.4. The molecule has 236 valence electrons. The average Bonchev–Trinajstić information content (AvgIpc) is 2.85. The van der Waals surface area contributed by atoms with Crippen molar-refractivity contribution in [1.29, 1.82) is 0 Å². The summed E-state index contributed by atoms with van der Waals surface area (Å²) in [7, 11) is 5.82. The van der Waals surface area contributed by atoms with Crippen molar-refractivity contribution in [3.05, 3.63) is 0 Å². The highest BCUT2D eigenvalue weighted by molar-refractivity contribution is 5.82. The van der Waals surface area contributed by atoms with Crippen molar-refractivity contribution in [2.45, 2.75) is 129 Å². The normalized spacial score (nSPS) is 43.7. The second-order valence-electron chi connectivity index (χ2n) is 13.3. The fourth-order valence-corrected chi connectivity index (χ4v) is 7.25. The van der Waals surface area contributed by atoms with Gasteiger partial charge in [0, 0.05) is 50.3 Å². The number of rotatable bonds is 4. The maximum Gasteiger partial charge on any atom is 0.407 e. The molecule has 3 aliphatic rings. The van der Waals surface area contributed by atoms with Gasteiger partial charge in [0.2, 0.25) is 0 Å².